The fourth-order valence-corrected chi connectivity index (χ4v) is 3.26. The van der Waals surface area contributed by atoms with Gasteiger partial charge in [-0.15, -0.1) is 0 Å². The number of ether oxygens (including phenoxy) is 1. The lowest BCUT2D eigenvalue weighted by atomic mass is 10.1. The smallest absolute Gasteiger partial charge is 0.263 e. The maximum atomic E-state index is 12.5. The molecule has 0 saturated heterocycles. The van der Waals surface area contributed by atoms with Crippen molar-refractivity contribution in [1.82, 2.24) is 14.8 Å². The second-order valence-corrected chi connectivity index (χ2v) is 7.02. The summed E-state index contributed by atoms with van der Waals surface area (Å²) in [4.78, 5) is 17.1. The molecular formula is C24H21N5O2. The van der Waals surface area contributed by atoms with Gasteiger partial charge >= 0.3 is 0 Å². The highest BCUT2D eigenvalue weighted by Crippen LogP contribution is 2.21. The van der Waals surface area contributed by atoms with Crippen molar-refractivity contribution in [2.45, 2.75) is 19.8 Å². The molecule has 31 heavy (non-hydrogen) atoms. The third kappa shape index (κ3) is 4.54. The number of hydrogen-bond acceptors (Lipinski definition) is 5. The first-order valence-corrected chi connectivity index (χ1v) is 10.0. The van der Waals surface area contributed by atoms with Crippen molar-refractivity contribution < 1.29 is 9.53 Å². The first-order valence-electron chi connectivity index (χ1n) is 10.0. The van der Waals surface area contributed by atoms with E-state index in [9.17, 15) is 10.1 Å². The molecule has 0 atom stereocenters. The topological polar surface area (TPSA) is 92.8 Å². The summed E-state index contributed by atoms with van der Waals surface area (Å²) >= 11 is 0. The summed E-state index contributed by atoms with van der Waals surface area (Å²) in [5.74, 6) is 0.983. The number of hydrogen-bond donors (Lipinski definition) is 1. The first kappa shape index (κ1) is 20.1. The van der Waals surface area contributed by atoms with Crippen LogP contribution in [0.4, 0.5) is 5.82 Å². The van der Waals surface area contributed by atoms with E-state index in [1.165, 1.54) is 16.4 Å². The first-order chi connectivity index (χ1) is 15.2. The molecule has 2 aromatic carbocycles. The SMILES string of the molecule is CCCc1ccc(OCC(=O)Nc2c(C#N)cnn2-c2ccc3ccccc3n2)cc1. The van der Waals surface area contributed by atoms with Crippen LogP contribution in [0.5, 0.6) is 5.75 Å². The molecule has 0 radical (unpaired) electrons. The van der Waals surface area contributed by atoms with Gasteiger partial charge in [0.05, 0.1) is 11.7 Å². The van der Waals surface area contributed by atoms with Crippen molar-refractivity contribution in [3.8, 4) is 17.6 Å². The van der Waals surface area contributed by atoms with Crippen LogP contribution >= 0.6 is 0 Å². The van der Waals surface area contributed by atoms with Gasteiger partial charge in [-0.25, -0.2) is 4.98 Å². The van der Waals surface area contributed by atoms with Crippen LogP contribution in [0.3, 0.4) is 0 Å². The molecular weight excluding hydrogens is 390 g/mol. The molecule has 154 valence electrons. The molecule has 0 spiro atoms. The zero-order valence-electron chi connectivity index (χ0n) is 17.1. The third-order valence-electron chi connectivity index (χ3n) is 4.78. The lowest BCUT2D eigenvalue weighted by molar-refractivity contribution is -0.118. The lowest BCUT2D eigenvalue weighted by Crippen LogP contribution is -2.22. The molecule has 7 heteroatoms. The number of carbonyl (C=O) groups is 1. The minimum Gasteiger partial charge on any atom is -0.484 e. The van der Waals surface area contributed by atoms with E-state index < -0.39 is 5.91 Å². The summed E-state index contributed by atoms with van der Waals surface area (Å²) < 4.78 is 7.03. The molecule has 0 aliphatic carbocycles. The van der Waals surface area contributed by atoms with Crippen LogP contribution in [0.25, 0.3) is 16.7 Å². The van der Waals surface area contributed by atoms with Gasteiger partial charge in [0.15, 0.2) is 18.2 Å². The molecule has 1 amide bonds. The van der Waals surface area contributed by atoms with Crippen LogP contribution in [0, 0.1) is 11.3 Å². The minimum atomic E-state index is -0.392. The average molecular weight is 411 g/mol. The Morgan fingerprint density at radius 2 is 1.94 bits per heavy atom. The molecule has 2 heterocycles. The summed E-state index contributed by atoms with van der Waals surface area (Å²) in [7, 11) is 0. The Kier molecular flexibility index (Phi) is 5.90. The van der Waals surface area contributed by atoms with E-state index in [0.717, 1.165) is 23.7 Å². The number of rotatable bonds is 7. The normalized spacial score (nSPS) is 10.6. The monoisotopic (exact) mass is 411 g/mol. The predicted octanol–water partition coefficient (Wildman–Crippen LogP) is 4.26. The van der Waals surface area contributed by atoms with E-state index in [1.54, 1.807) is 6.07 Å². The largest absolute Gasteiger partial charge is 0.484 e. The van der Waals surface area contributed by atoms with Crippen LogP contribution in [0.15, 0.2) is 66.9 Å². The number of nitriles is 1. The number of carbonyl (C=O) groups excluding carboxylic acids is 1. The van der Waals surface area contributed by atoms with Gasteiger partial charge in [0.2, 0.25) is 0 Å². The Balaban J connectivity index is 1.50. The van der Waals surface area contributed by atoms with Gasteiger partial charge in [-0.05, 0) is 42.3 Å². The Hall–Kier alpha value is -4.18. The van der Waals surface area contributed by atoms with Gasteiger partial charge in [0.1, 0.15) is 17.4 Å². The average Bonchev–Trinajstić information content (AvgIpc) is 3.21. The van der Waals surface area contributed by atoms with Gasteiger partial charge in [-0.3, -0.25) is 4.79 Å². The van der Waals surface area contributed by atoms with E-state index in [1.807, 2.05) is 54.6 Å². The Bertz CT molecular complexity index is 1260. The van der Waals surface area contributed by atoms with Gasteiger partial charge in [-0.2, -0.15) is 15.0 Å². The molecule has 0 unspecified atom stereocenters. The molecule has 2 aromatic heterocycles. The van der Waals surface area contributed by atoms with Crippen molar-refractivity contribution in [3.05, 3.63) is 78.0 Å². The molecule has 7 nitrogen and oxygen atoms in total. The number of aromatic nitrogens is 3. The number of nitrogens with one attached hydrogen (secondary N) is 1. The number of para-hydroxylation sites is 1. The van der Waals surface area contributed by atoms with Crippen LogP contribution in [0.1, 0.15) is 24.5 Å². The number of aryl methyl sites for hydroxylation is 1. The highest BCUT2D eigenvalue weighted by Gasteiger charge is 2.16. The molecule has 0 bridgehead atoms. The second-order valence-electron chi connectivity index (χ2n) is 7.02. The van der Waals surface area contributed by atoms with Crippen LogP contribution in [0.2, 0.25) is 0 Å². The summed E-state index contributed by atoms with van der Waals surface area (Å²) in [5.41, 5.74) is 2.26. The van der Waals surface area contributed by atoms with Crippen LogP contribution < -0.4 is 10.1 Å². The number of pyridine rings is 1. The molecule has 4 rings (SSSR count). The quantitative estimate of drug-likeness (QED) is 0.490. The highest BCUT2D eigenvalue weighted by molar-refractivity contribution is 5.92. The van der Waals surface area contributed by atoms with Crippen molar-refractivity contribution in [2.75, 3.05) is 11.9 Å². The zero-order chi connectivity index (χ0) is 21.6. The maximum Gasteiger partial charge on any atom is 0.263 e. The maximum absolute atomic E-state index is 12.5. The molecule has 4 aromatic rings. The van der Waals surface area contributed by atoms with E-state index >= 15 is 0 Å². The summed E-state index contributed by atoms with van der Waals surface area (Å²) in [5, 5.41) is 17.4. The Morgan fingerprint density at radius 1 is 1.13 bits per heavy atom. The van der Waals surface area contributed by atoms with Crippen molar-refractivity contribution in [3.63, 3.8) is 0 Å². The molecule has 0 aliphatic heterocycles. The van der Waals surface area contributed by atoms with Gasteiger partial charge in [0, 0.05) is 5.39 Å². The molecule has 0 fully saturated rings. The van der Waals surface area contributed by atoms with E-state index in [4.69, 9.17) is 4.74 Å². The highest BCUT2D eigenvalue weighted by atomic mass is 16.5. The van der Waals surface area contributed by atoms with Gasteiger partial charge in [-0.1, -0.05) is 43.7 Å². The third-order valence-corrected chi connectivity index (χ3v) is 4.78. The zero-order valence-corrected chi connectivity index (χ0v) is 17.1. The van der Waals surface area contributed by atoms with Crippen molar-refractivity contribution in [1.29, 1.82) is 5.26 Å². The predicted molar refractivity (Wildman–Crippen MR) is 118 cm³/mol. The Labute approximate surface area is 179 Å². The number of anilines is 1. The lowest BCUT2D eigenvalue weighted by Gasteiger charge is -2.11. The van der Waals surface area contributed by atoms with E-state index in [0.29, 0.717) is 11.6 Å². The van der Waals surface area contributed by atoms with Crippen molar-refractivity contribution in [2.24, 2.45) is 0 Å². The summed E-state index contributed by atoms with van der Waals surface area (Å²) in [6.07, 6.45) is 3.48. The van der Waals surface area contributed by atoms with Crippen LogP contribution in [-0.2, 0) is 11.2 Å². The van der Waals surface area contributed by atoms with Gasteiger partial charge in [0.25, 0.3) is 5.91 Å². The molecule has 0 aliphatic rings. The standard InChI is InChI=1S/C24H21N5O2/c1-2-5-17-8-11-20(12-9-17)31-16-23(30)28-24-19(14-25)15-26-29(24)22-13-10-18-6-3-4-7-21(18)27-22/h3-4,6-13,15H,2,5,16H2,1H3,(H,28,30). The second kappa shape index (κ2) is 9.09. The summed E-state index contributed by atoms with van der Waals surface area (Å²) in [6.45, 7) is 1.94. The molecule has 1 N–H and O–H groups in total. The fourth-order valence-electron chi connectivity index (χ4n) is 3.26. The van der Waals surface area contributed by atoms with E-state index in [2.05, 4.69) is 28.4 Å². The van der Waals surface area contributed by atoms with E-state index in [-0.39, 0.29) is 18.0 Å². The Morgan fingerprint density at radius 3 is 2.71 bits per heavy atom. The van der Waals surface area contributed by atoms with Gasteiger partial charge < -0.3 is 10.1 Å². The number of fused-ring (bicyclic) bond motifs is 1. The van der Waals surface area contributed by atoms with Crippen molar-refractivity contribution >= 4 is 22.6 Å². The minimum absolute atomic E-state index is 0.186. The number of nitrogens with zero attached hydrogens (tertiary/aromatic N) is 4. The fraction of sp³-hybridized carbons (Fsp3) is 0.167. The number of amides is 1. The molecule has 0 saturated carbocycles. The number of benzene rings is 2. The van der Waals surface area contributed by atoms with Crippen LogP contribution in [-0.4, -0.2) is 27.3 Å². The summed E-state index contributed by atoms with van der Waals surface area (Å²) in [6, 6.07) is 21.1.